The molecule has 0 radical (unpaired) electrons. The fraction of sp³-hybridized carbons (Fsp3) is 0.533. The Hall–Kier alpha value is -1.69. The van der Waals surface area contributed by atoms with Gasteiger partial charge in [-0.1, -0.05) is 12.1 Å². The second-order valence-electron chi connectivity index (χ2n) is 5.22. The third-order valence-electron chi connectivity index (χ3n) is 3.50. The summed E-state index contributed by atoms with van der Waals surface area (Å²) in [7, 11) is 0. The molecule has 1 amide bonds. The summed E-state index contributed by atoms with van der Waals surface area (Å²) in [6.45, 7) is -0.154. The van der Waals surface area contributed by atoms with Gasteiger partial charge in [0.1, 0.15) is 5.75 Å². The molecule has 1 atom stereocenters. The maximum Gasteiger partial charge on any atom is 0.387 e. The zero-order valence-electron chi connectivity index (χ0n) is 11.8. The number of hydrogen-bond acceptors (Lipinski definition) is 3. The lowest BCUT2D eigenvalue weighted by atomic mass is 10.00. The smallest absolute Gasteiger partial charge is 0.387 e. The minimum absolute atomic E-state index is 0.0527. The number of piperidine rings is 1. The van der Waals surface area contributed by atoms with Crippen LogP contribution in [0.4, 0.5) is 8.78 Å². The van der Waals surface area contributed by atoms with Crippen molar-refractivity contribution in [2.45, 2.75) is 25.9 Å². The monoisotopic (exact) mass is 298 g/mol. The van der Waals surface area contributed by atoms with Crippen molar-refractivity contribution in [1.82, 2.24) is 10.6 Å². The molecule has 2 rings (SSSR count). The Morgan fingerprint density at radius 3 is 2.76 bits per heavy atom. The molecule has 1 fully saturated rings. The van der Waals surface area contributed by atoms with Crippen LogP contribution in [0.25, 0.3) is 0 Å². The van der Waals surface area contributed by atoms with Crippen molar-refractivity contribution in [1.29, 1.82) is 0 Å². The molecule has 1 aliphatic heterocycles. The van der Waals surface area contributed by atoms with Crippen molar-refractivity contribution in [3.63, 3.8) is 0 Å². The molecular weight excluding hydrogens is 278 g/mol. The van der Waals surface area contributed by atoms with E-state index in [4.69, 9.17) is 0 Å². The van der Waals surface area contributed by atoms with Gasteiger partial charge in [0.05, 0.1) is 6.42 Å². The van der Waals surface area contributed by atoms with Gasteiger partial charge < -0.3 is 15.4 Å². The molecule has 0 saturated carbocycles. The van der Waals surface area contributed by atoms with E-state index >= 15 is 0 Å². The number of benzene rings is 1. The average molecular weight is 298 g/mol. The minimum Gasteiger partial charge on any atom is -0.435 e. The first kappa shape index (κ1) is 15.7. The number of amides is 1. The SMILES string of the molecule is O=C(Cc1ccc(OC(F)F)cc1)NCC1CCCNC1. The first-order chi connectivity index (χ1) is 10.1. The number of halogens is 2. The van der Waals surface area contributed by atoms with Crippen LogP contribution in [0.3, 0.4) is 0 Å². The van der Waals surface area contributed by atoms with Crippen molar-refractivity contribution in [2.24, 2.45) is 5.92 Å². The number of rotatable bonds is 6. The van der Waals surface area contributed by atoms with Gasteiger partial charge in [-0.3, -0.25) is 4.79 Å². The van der Waals surface area contributed by atoms with Crippen molar-refractivity contribution < 1.29 is 18.3 Å². The van der Waals surface area contributed by atoms with Crippen LogP contribution in [0.5, 0.6) is 5.75 Å². The summed E-state index contributed by atoms with van der Waals surface area (Å²) in [5.41, 5.74) is 0.774. The van der Waals surface area contributed by atoms with Crippen molar-refractivity contribution in [3.8, 4) is 5.75 Å². The average Bonchev–Trinajstić information content (AvgIpc) is 2.48. The summed E-state index contributed by atoms with van der Waals surface area (Å²) in [5, 5.41) is 6.22. The lowest BCUT2D eigenvalue weighted by Crippen LogP contribution is -2.38. The van der Waals surface area contributed by atoms with Crippen molar-refractivity contribution in [3.05, 3.63) is 29.8 Å². The molecule has 2 N–H and O–H groups in total. The number of hydrogen-bond donors (Lipinski definition) is 2. The van der Waals surface area contributed by atoms with Crippen LogP contribution in [0.2, 0.25) is 0 Å². The van der Waals surface area contributed by atoms with E-state index in [1.165, 1.54) is 12.1 Å². The summed E-state index contributed by atoms with van der Waals surface area (Å²) < 4.78 is 28.3. The Balaban J connectivity index is 1.74. The number of alkyl halides is 2. The van der Waals surface area contributed by atoms with E-state index in [2.05, 4.69) is 15.4 Å². The van der Waals surface area contributed by atoms with Crippen LogP contribution >= 0.6 is 0 Å². The second-order valence-corrected chi connectivity index (χ2v) is 5.22. The van der Waals surface area contributed by atoms with Crippen LogP contribution in [0, 0.1) is 5.92 Å². The highest BCUT2D eigenvalue weighted by Gasteiger charge is 2.14. The van der Waals surface area contributed by atoms with E-state index in [1.807, 2.05) is 0 Å². The summed E-state index contributed by atoms with van der Waals surface area (Å²) in [6, 6.07) is 6.14. The Labute approximate surface area is 122 Å². The molecular formula is C15H20F2N2O2. The third kappa shape index (κ3) is 5.67. The molecule has 0 spiro atoms. The minimum atomic E-state index is -2.83. The number of ether oxygens (including phenoxy) is 1. The number of carbonyl (C=O) groups excluding carboxylic acids is 1. The molecule has 21 heavy (non-hydrogen) atoms. The van der Waals surface area contributed by atoms with Gasteiger partial charge in [0.2, 0.25) is 5.91 Å². The van der Waals surface area contributed by atoms with E-state index in [0.717, 1.165) is 31.5 Å². The van der Waals surface area contributed by atoms with E-state index in [1.54, 1.807) is 12.1 Å². The van der Waals surface area contributed by atoms with Gasteiger partial charge in [-0.15, -0.1) is 0 Å². The lowest BCUT2D eigenvalue weighted by molar-refractivity contribution is -0.120. The highest BCUT2D eigenvalue weighted by Crippen LogP contribution is 2.15. The fourth-order valence-electron chi connectivity index (χ4n) is 2.39. The molecule has 1 heterocycles. The Bertz CT molecular complexity index is 445. The molecule has 1 aromatic carbocycles. The van der Waals surface area contributed by atoms with Crippen molar-refractivity contribution in [2.75, 3.05) is 19.6 Å². The van der Waals surface area contributed by atoms with Crippen LogP contribution < -0.4 is 15.4 Å². The molecule has 1 aliphatic rings. The normalized spacial score (nSPS) is 18.5. The van der Waals surface area contributed by atoms with Crippen LogP contribution in [0.15, 0.2) is 24.3 Å². The molecule has 1 unspecified atom stereocenters. The zero-order chi connectivity index (χ0) is 15.1. The van der Waals surface area contributed by atoms with Gasteiger partial charge in [0, 0.05) is 6.54 Å². The largest absolute Gasteiger partial charge is 0.435 e. The summed E-state index contributed by atoms with van der Waals surface area (Å²) in [4.78, 5) is 11.8. The molecule has 1 aromatic rings. The van der Waals surface area contributed by atoms with Crippen LogP contribution in [0.1, 0.15) is 18.4 Å². The van der Waals surface area contributed by atoms with Gasteiger partial charge in [-0.25, -0.2) is 0 Å². The highest BCUT2D eigenvalue weighted by atomic mass is 19.3. The summed E-state index contributed by atoms with van der Waals surface area (Å²) in [6.07, 6.45) is 2.52. The van der Waals surface area contributed by atoms with E-state index in [9.17, 15) is 13.6 Å². The molecule has 116 valence electrons. The highest BCUT2D eigenvalue weighted by molar-refractivity contribution is 5.78. The Kier molecular flexibility index (Phi) is 5.92. The molecule has 1 saturated heterocycles. The summed E-state index contributed by atoms with van der Waals surface area (Å²) >= 11 is 0. The van der Waals surface area contributed by atoms with Gasteiger partial charge in [0.15, 0.2) is 0 Å². The van der Waals surface area contributed by atoms with E-state index in [-0.39, 0.29) is 18.1 Å². The number of nitrogens with one attached hydrogen (secondary N) is 2. The molecule has 0 aliphatic carbocycles. The maximum atomic E-state index is 12.0. The first-order valence-corrected chi connectivity index (χ1v) is 7.14. The quantitative estimate of drug-likeness (QED) is 0.844. The van der Waals surface area contributed by atoms with Gasteiger partial charge in [-0.2, -0.15) is 8.78 Å². The zero-order valence-corrected chi connectivity index (χ0v) is 11.8. The van der Waals surface area contributed by atoms with E-state index in [0.29, 0.717) is 12.5 Å². The topological polar surface area (TPSA) is 50.4 Å². The molecule has 0 aromatic heterocycles. The van der Waals surface area contributed by atoms with Gasteiger partial charge in [0.25, 0.3) is 0 Å². The molecule has 6 heteroatoms. The molecule has 4 nitrogen and oxygen atoms in total. The van der Waals surface area contributed by atoms with E-state index < -0.39 is 6.61 Å². The predicted octanol–water partition coefficient (Wildman–Crippen LogP) is 1.95. The van der Waals surface area contributed by atoms with Gasteiger partial charge >= 0.3 is 6.61 Å². The Morgan fingerprint density at radius 1 is 1.38 bits per heavy atom. The van der Waals surface area contributed by atoms with Crippen LogP contribution in [-0.4, -0.2) is 32.2 Å². The first-order valence-electron chi connectivity index (χ1n) is 7.14. The number of carbonyl (C=O) groups is 1. The third-order valence-corrected chi connectivity index (χ3v) is 3.50. The predicted molar refractivity (Wildman–Crippen MR) is 75.4 cm³/mol. The van der Waals surface area contributed by atoms with Gasteiger partial charge in [-0.05, 0) is 49.5 Å². The second kappa shape index (κ2) is 7.93. The Morgan fingerprint density at radius 2 is 2.14 bits per heavy atom. The summed E-state index contributed by atoms with van der Waals surface area (Å²) in [5.74, 6) is 0.537. The molecule has 0 bridgehead atoms. The van der Waals surface area contributed by atoms with Crippen molar-refractivity contribution >= 4 is 5.91 Å². The van der Waals surface area contributed by atoms with Crippen LogP contribution in [-0.2, 0) is 11.2 Å². The fourth-order valence-corrected chi connectivity index (χ4v) is 2.39. The lowest BCUT2D eigenvalue weighted by Gasteiger charge is -2.22. The maximum absolute atomic E-state index is 12.0. The standard InChI is InChI=1S/C15H20F2N2O2/c16-15(17)21-13-5-3-11(4-6-13)8-14(20)19-10-12-2-1-7-18-9-12/h3-6,12,15,18H,1-2,7-10H2,(H,19,20).